The summed E-state index contributed by atoms with van der Waals surface area (Å²) in [6.45, 7) is 3.70. The monoisotopic (exact) mass is 297 g/mol. The number of hydrogen-bond acceptors (Lipinski definition) is 7. The summed E-state index contributed by atoms with van der Waals surface area (Å²) in [5, 5.41) is 5.72. The number of nitrogens with one attached hydrogen (secondary N) is 2. The highest BCUT2D eigenvalue weighted by atomic mass is 32.1. The molecule has 2 rings (SSSR count). The van der Waals surface area contributed by atoms with Crippen LogP contribution in [0.2, 0.25) is 0 Å². The number of nitrogens with zero attached hydrogens (tertiary/aromatic N) is 1. The second-order valence-electron chi connectivity index (χ2n) is 4.34. The normalized spacial score (nSPS) is 18.6. The maximum Gasteiger partial charge on any atom is 0.343 e. The van der Waals surface area contributed by atoms with Gasteiger partial charge in [-0.3, -0.25) is 14.9 Å². The van der Waals surface area contributed by atoms with Crippen LogP contribution in [0.25, 0.3) is 0 Å². The van der Waals surface area contributed by atoms with Gasteiger partial charge in [0.25, 0.3) is 0 Å². The molecule has 1 aliphatic rings. The molecule has 0 radical (unpaired) electrons. The Morgan fingerprint density at radius 1 is 1.55 bits per heavy atom. The summed E-state index contributed by atoms with van der Waals surface area (Å²) in [4.78, 5) is 34.7. The lowest BCUT2D eigenvalue weighted by atomic mass is 10.1. The zero-order valence-corrected chi connectivity index (χ0v) is 12.0. The third-order valence-electron chi connectivity index (χ3n) is 2.89. The first kappa shape index (κ1) is 14.4. The van der Waals surface area contributed by atoms with Gasteiger partial charge in [0, 0.05) is 6.42 Å². The Bertz CT molecular complexity index is 555. The lowest BCUT2D eigenvalue weighted by Crippen LogP contribution is -2.47. The van der Waals surface area contributed by atoms with Crippen molar-refractivity contribution in [2.24, 2.45) is 0 Å². The molecular weight excluding hydrogens is 282 g/mol. The average molecular weight is 297 g/mol. The number of amides is 2. The fourth-order valence-corrected chi connectivity index (χ4v) is 2.74. The van der Waals surface area contributed by atoms with E-state index in [4.69, 9.17) is 4.74 Å². The van der Waals surface area contributed by atoms with Gasteiger partial charge in [-0.05, 0) is 31.8 Å². The maximum absolute atomic E-state index is 11.9. The van der Waals surface area contributed by atoms with Gasteiger partial charge in [0.15, 0.2) is 0 Å². The van der Waals surface area contributed by atoms with E-state index in [1.165, 1.54) is 0 Å². The Labute approximate surface area is 119 Å². The molecule has 0 saturated carbocycles. The smallest absolute Gasteiger partial charge is 0.343 e. The summed E-state index contributed by atoms with van der Waals surface area (Å²) in [5.74, 6) is -1.13. The highest BCUT2D eigenvalue weighted by Gasteiger charge is 2.29. The van der Waals surface area contributed by atoms with Crippen LogP contribution in [0.15, 0.2) is 0 Å². The van der Waals surface area contributed by atoms with Gasteiger partial charge in [0.2, 0.25) is 11.8 Å². The number of carbonyl (C=O) groups is 3. The number of carbonyl (C=O) groups excluding carboxylic acids is 3. The molecule has 20 heavy (non-hydrogen) atoms. The minimum atomic E-state index is -0.541. The number of rotatable bonds is 4. The largest absolute Gasteiger partial charge is 0.462 e. The van der Waals surface area contributed by atoms with Crippen molar-refractivity contribution < 1.29 is 19.1 Å². The molecule has 108 valence electrons. The quantitative estimate of drug-likeness (QED) is 0.631. The van der Waals surface area contributed by atoms with Crippen molar-refractivity contribution in [1.29, 1.82) is 0 Å². The molecule has 1 aliphatic heterocycles. The van der Waals surface area contributed by atoms with Crippen LogP contribution in [0.1, 0.15) is 35.8 Å². The predicted molar refractivity (Wildman–Crippen MR) is 72.6 cm³/mol. The molecule has 2 amide bonds. The molecule has 8 heteroatoms. The van der Waals surface area contributed by atoms with Crippen LogP contribution in [-0.2, 0) is 14.3 Å². The summed E-state index contributed by atoms with van der Waals surface area (Å²) in [6.07, 6.45) is 0.666. The third kappa shape index (κ3) is 2.96. The number of esters is 1. The number of anilines is 1. The molecule has 2 heterocycles. The van der Waals surface area contributed by atoms with Gasteiger partial charge in [-0.2, -0.15) is 4.37 Å². The fraction of sp³-hybridized carbons (Fsp3) is 0.500. The van der Waals surface area contributed by atoms with Crippen LogP contribution in [-0.4, -0.2) is 34.8 Å². The highest BCUT2D eigenvalue weighted by Crippen LogP contribution is 2.27. The Kier molecular flexibility index (Phi) is 4.33. The van der Waals surface area contributed by atoms with Crippen molar-refractivity contribution in [2.45, 2.75) is 32.7 Å². The number of imide groups is 1. The summed E-state index contributed by atoms with van der Waals surface area (Å²) < 4.78 is 9.08. The van der Waals surface area contributed by atoms with Gasteiger partial charge in [-0.1, -0.05) is 0 Å². The Morgan fingerprint density at radius 2 is 2.30 bits per heavy atom. The summed E-state index contributed by atoms with van der Waals surface area (Å²) in [5.41, 5.74) is 0.907. The van der Waals surface area contributed by atoms with Crippen molar-refractivity contribution in [3.63, 3.8) is 0 Å². The fourth-order valence-electron chi connectivity index (χ4n) is 1.90. The minimum absolute atomic E-state index is 0.270. The minimum Gasteiger partial charge on any atom is -0.462 e. The van der Waals surface area contributed by atoms with Crippen LogP contribution in [0.5, 0.6) is 0 Å². The first-order chi connectivity index (χ1) is 9.52. The van der Waals surface area contributed by atoms with E-state index in [-0.39, 0.29) is 24.8 Å². The number of ether oxygens (including phenoxy) is 1. The van der Waals surface area contributed by atoms with Crippen LogP contribution in [0.4, 0.5) is 5.00 Å². The molecule has 1 aromatic rings. The zero-order valence-electron chi connectivity index (χ0n) is 11.2. The van der Waals surface area contributed by atoms with Crippen LogP contribution >= 0.6 is 11.5 Å². The standard InChI is InChI=1S/C12H15N3O4S/c1-3-19-12(18)9-6(2)15-20-11(9)13-7-4-5-8(16)14-10(7)17/h7,13H,3-5H2,1-2H3,(H,14,16,17). The van der Waals surface area contributed by atoms with E-state index in [1.54, 1.807) is 13.8 Å². The number of piperidine rings is 1. The van der Waals surface area contributed by atoms with Crippen molar-refractivity contribution in [2.75, 3.05) is 11.9 Å². The second-order valence-corrected chi connectivity index (χ2v) is 5.11. The molecule has 0 aromatic carbocycles. The number of aromatic nitrogens is 1. The van der Waals surface area contributed by atoms with Crippen molar-refractivity contribution in [3.05, 3.63) is 11.3 Å². The van der Waals surface area contributed by atoms with Gasteiger partial charge in [-0.15, -0.1) is 0 Å². The molecule has 1 atom stereocenters. The molecule has 1 aromatic heterocycles. The van der Waals surface area contributed by atoms with Gasteiger partial charge >= 0.3 is 5.97 Å². The van der Waals surface area contributed by atoms with E-state index in [1.807, 2.05) is 0 Å². The number of hydrogen-bond donors (Lipinski definition) is 2. The van der Waals surface area contributed by atoms with Crippen LogP contribution in [0, 0.1) is 6.92 Å². The van der Waals surface area contributed by atoms with E-state index < -0.39 is 12.0 Å². The molecule has 0 bridgehead atoms. The average Bonchev–Trinajstić information content (AvgIpc) is 2.74. The van der Waals surface area contributed by atoms with E-state index >= 15 is 0 Å². The van der Waals surface area contributed by atoms with Crippen LogP contribution < -0.4 is 10.6 Å². The summed E-state index contributed by atoms with van der Waals surface area (Å²) >= 11 is 1.10. The third-order valence-corrected chi connectivity index (χ3v) is 3.76. The van der Waals surface area contributed by atoms with E-state index in [9.17, 15) is 14.4 Å². The maximum atomic E-state index is 11.9. The van der Waals surface area contributed by atoms with Gasteiger partial charge in [0.05, 0.1) is 12.3 Å². The second kappa shape index (κ2) is 6.00. The topological polar surface area (TPSA) is 97.4 Å². The summed E-state index contributed by atoms with van der Waals surface area (Å²) in [6, 6.07) is -0.541. The molecule has 0 aliphatic carbocycles. The highest BCUT2D eigenvalue weighted by molar-refractivity contribution is 7.10. The molecule has 0 spiro atoms. The molecule has 7 nitrogen and oxygen atoms in total. The lowest BCUT2D eigenvalue weighted by molar-refractivity contribution is -0.133. The SMILES string of the molecule is CCOC(=O)c1c(C)nsc1NC1CCC(=O)NC1=O. The summed E-state index contributed by atoms with van der Waals surface area (Å²) in [7, 11) is 0. The zero-order chi connectivity index (χ0) is 14.7. The Morgan fingerprint density at radius 3 is 2.95 bits per heavy atom. The molecule has 1 saturated heterocycles. The van der Waals surface area contributed by atoms with E-state index in [0.29, 0.717) is 22.7 Å². The molecular formula is C12H15N3O4S. The molecule has 2 N–H and O–H groups in total. The predicted octanol–water partition coefficient (Wildman–Crippen LogP) is 0.845. The van der Waals surface area contributed by atoms with E-state index in [2.05, 4.69) is 15.0 Å². The number of aryl methyl sites for hydroxylation is 1. The Balaban J connectivity index is 2.16. The Hall–Kier alpha value is -1.96. The van der Waals surface area contributed by atoms with Gasteiger partial charge in [0.1, 0.15) is 16.6 Å². The van der Waals surface area contributed by atoms with E-state index in [0.717, 1.165) is 11.5 Å². The molecule has 1 fully saturated rings. The van der Waals surface area contributed by atoms with Crippen LogP contribution in [0.3, 0.4) is 0 Å². The van der Waals surface area contributed by atoms with Gasteiger partial charge in [-0.25, -0.2) is 4.79 Å². The first-order valence-corrected chi connectivity index (χ1v) is 7.04. The van der Waals surface area contributed by atoms with Crippen molar-refractivity contribution >= 4 is 34.3 Å². The van der Waals surface area contributed by atoms with Crippen molar-refractivity contribution in [1.82, 2.24) is 9.69 Å². The van der Waals surface area contributed by atoms with Crippen molar-refractivity contribution in [3.8, 4) is 0 Å². The molecule has 1 unspecified atom stereocenters. The van der Waals surface area contributed by atoms with Gasteiger partial charge < -0.3 is 10.1 Å². The lowest BCUT2D eigenvalue weighted by Gasteiger charge is -2.22. The first-order valence-electron chi connectivity index (χ1n) is 6.26.